The predicted molar refractivity (Wildman–Crippen MR) is 101 cm³/mol. The summed E-state index contributed by atoms with van der Waals surface area (Å²) in [6.45, 7) is 8.91. The van der Waals surface area contributed by atoms with Gasteiger partial charge in [0, 0.05) is 31.0 Å². The number of rotatable bonds is 7. The summed E-state index contributed by atoms with van der Waals surface area (Å²) in [4.78, 5) is 27.0. The van der Waals surface area contributed by atoms with Crippen molar-refractivity contribution < 1.29 is 9.59 Å². The average Bonchev–Trinajstić information content (AvgIpc) is 2.64. The van der Waals surface area contributed by atoms with Crippen LogP contribution in [0.1, 0.15) is 45.1 Å². The molecule has 1 N–H and O–H groups in total. The third-order valence-electron chi connectivity index (χ3n) is 4.97. The van der Waals surface area contributed by atoms with E-state index in [0.29, 0.717) is 13.1 Å². The molecule has 0 aliphatic heterocycles. The minimum atomic E-state index is 0.0330. The standard InChI is InChI=1S/C21H30N2O2/c1-4-14-22-20(24)18-10-12-19(13-11-18)21(25)23(16(2)3)15-17-8-6-5-7-9-17/h4-9,16,18-19H,1,10-15H2,2-3H3,(H,22,24). The van der Waals surface area contributed by atoms with E-state index in [2.05, 4.69) is 37.9 Å². The van der Waals surface area contributed by atoms with Crippen molar-refractivity contribution in [1.82, 2.24) is 10.2 Å². The molecule has 0 aromatic heterocycles. The van der Waals surface area contributed by atoms with Crippen LogP contribution in [0.25, 0.3) is 0 Å². The first-order valence-corrected chi connectivity index (χ1v) is 9.26. The number of hydrogen-bond donors (Lipinski definition) is 1. The molecule has 25 heavy (non-hydrogen) atoms. The minimum Gasteiger partial charge on any atom is -0.352 e. The van der Waals surface area contributed by atoms with E-state index in [1.807, 2.05) is 23.1 Å². The number of carbonyl (C=O) groups is 2. The molecular weight excluding hydrogens is 312 g/mol. The highest BCUT2D eigenvalue weighted by molar-refractivity contribution is 5.81. The Kier molecular flexibility index (Phi) is 7.23. The van der Waals surface area contributed by atoms with E-state index in [4.69, 9.17) is 0 Å². The number of nitrogens with zero attached hydrogens (tertiary/aromatic N) is 1. The van der Waals surface area contributed by atoms with Gasteiger partial charge < -0.3 is 10.2 Å². The van der Waals surface area contributed by atoms with Crippen LogP contribution in [0, 0.1) is 11.8 Å². The monoisotopic (exact) mass is 342 g/mol. The number of nitrogens with one attached hydrogen (secondary N) is 1. The van der Waals surface area contributed by atoms with Gasteiger partial charge >= 0.3 is 0 Å². The van der Waals surface area contributed by atoms with E-state index in [1.54, 1.807) is 6.08 Å². The molecule has 1 aliphatic rings. The molecule has 1 saturated carbocycles. The predicted octanol–water partition coefficient (Wildman–Crippen LogP) is 3.53. The molecule has 2 rings (SSSR count). The minimum absolute atomic E-state index is 0.0330. The molecule has 1 aromatic carbocycles. The van der Waals surface area contributed by atoms with Gasteiger partial charge in [-0.05, 0) is 45.1 Å². The van der Waals surface area contributed by atoms with Crippen LogP contribution in [0.15, 0.2) is 43.0 Å². The van der Waals surface area contributed by atoms with Crippen LogP contribution in [-0.4, -0.2) is 29.3 Å². The van der Waals surface area contributed by atoms with Crippen LogP contribution in [-0.2, 0) is 16.1 Å². The lowest BCUT2D eigenvalue weighted by atomic mass is 9.80. The van der Waals surface area contributed by atoms with E-state index in [-0.39, 0.29) is 29.7 Å². The highest BCUT2D eigenvalue weighted by atomic mass is 16.2. The van der Waals surface area contributed by atoms with E-state index in [0.717, 1.165) is 31.2 Å². The molecule has 4 nitrogen and oxygen atoms in total. The summed E-state index contributed by atoms with van der Waals surface area (Å²) in [7, 11) is 0. The van der Waals surface area contributed by atoms with Crippen LogP contribution in [0.3, 0.4) is 0 Å². The maximum atomic E-state index is 13.0. The van der Waals surface area contributed by atoms with Gasteiger partial charge in [-0.3, -0.25) is 9.59 Å². The Morgan fingerprint density at radius 2 is 1.76 bits per heavy atom. The Hall–Kier alpha value is -2.10. The highest BCUT2D eigenvalue weighted by Crippen LogP contribution is 2.31. The zero-order valence-corrected chi connectivity index (χ0v) is 15.4. The second-order valence-corrected chi connectivity index (χ2v) is 7.13. The fourth-order valence-corrected chi connectivity index (χ4v) is 3.45. The van der Waals surface area contributed by atoms with Gasteiger partial charge in [0.1, 0.15) is 0 Å². The summed E-state index contributed by atoms with van der Waals surface area (Å²) < 4.78 is 0. The Morgan fingerprint density at radius 1 is 1.16 bits per heavy atom. The van der Waals surface area contributed by atoms with Crippen LogP contribution >= 0.6 is 0 Å². The van der Waals surface area contributed by atoms with Gasteiger partial charge in [0.15, 0.2) is 0 Å². The van der Waals surface area contributed by atoms with Crippen molar-refractivity contribution in [2.24, 2.45) is 11.8 Å². The van der Waals surface area contributed by atoms with Crippen molar-refractivity contribution in [2.75, 3.05) is 6.54 Å². The van der Waals surface area contributed by atoms with E-state index >= 15 is 0 Å². The Morgan fingerprint density at radius 3 is 2.32 bits per heavy atom. The molecule has 1 aliphatic carbocycles. The third-order valence-corrected chi connectivity index (χ3v) is 4.97. The molecule has 0 radical (unpaired) electrons. The van der Waals surface area contributed by atoms with Crippen molar-refractivity contribution in [3.63, 3.8) is 0 Å². The van der Waals surface area contributed by atoms with Gasteiger partial charge in [-0.15, -0.1) is 6.58 Å². The van der Waals surface area contributed by atoms with Crippen LogP contribution in [0.5, 0.6) is 0 Å². The summed E-state index contributed by atoms with van der Waals surface area (Å²) in [5.41, 5.74) is 1.15. The molecule has 4 heteroatoms. The van der Waals surface area contributed by atoms with Crippen LogP contribution < -0.4 is 5.32 Å². The maximum Gasteiger partial charge on any atom is 0.226 e. The Balaban J connectivity index is 1.92. The summed E-state index contributed by atoms with van der Waals surface area (Å²) in [6, 6.07) is 10.3. The van der Waals surface area contributed by atoms with Crippen LogP contribution in [0.2, 0.25) is 0 Å². The number of benzene rings is 1. The quantitative estimate of drug-likeness (QED) is 0.771. The van der Waals surface area contributed by atoms with Gasteiger partial charge in [-0.25, -0.2) is 0 Å². The first-order chi connectivity index (χ1) is 12.0. The van der Waals surface area contributed by atoms with Crippen molar-refractivity contribution >= 4 is 11.8 Å². The normalized spacial score (nSPS) is 20.1. The molecule has 0 heterocycles. The lowest BCUT2D eigenvalue weighted by Crippen LogP contribution is -2.42. The second kappa shape index (κ2) is 9.40. The topological polar surface area (TPSA) is 49.4 Å². The smallest absolute Gasteiger partial charge is 0.226 e. The van der Waals surface area contributed by atoms with Crippen molar-refractivity contribution in [3.8, 4) is 0 Å². The zero-order valence-electron chi connectivity index (χ0n) is 15.4. The molecule has 0 atom stereocenters. The SMILES string of the molecule is C=CCNC(=O)C1CCC(C(=O)N(Cc2ccccc2)C(C)C)CC1. The third kappa shape index (κ3) is 5.45. The fraction of sp³-hybridized carbons (Fsp3) is 0.524. The van der Waals surface area contributed by atoms with E-state index < -0.39 is 0 Å². The van der Waals surface area contributed by atoms with E-state index in [9.17, 15) is 9.59 Å². The molecule has 2 amide bonds. The summed E-state index contributed by atoms with van der Waals surface area (Å²) in [6.07, 6.45) is 4.86. The van der Waals surface area contributed by atoms with Crippen LogP contribution in [0.4, 0.5) is 0 Å². The lowest BCUT2D eigenvalue weighted by molar-refractivity contribution is -0.140. The van der Waals surface area contributed by atoms with Gasteiger partial charge in [0.25, 0.3) is 0 Å². The van der Waals surface area contributed by atoms with Gasteiger partial charge in [0.05, 0.1) is 0 Å². The molecule has 0 unspecified atom stereocenters. The fourth-order valence-electron chi connectivity index (χ4n) is 3.45. The lowest BCUT2D eigenvalue weighted by Gasteiger charge is -2.34. The van der Waals surface area contributed by atoms with E-state index in [1.165, 1.54) is 0 Å². The summed E-state index contributed by atoms with van der Waals surface area (Å²) in [5, 5.41) is 2.87. The van der Waals surface area contributed by atoms with Gasteiger partial charge in [0.2, 0.25) is 11.8 Å². The van der Waals surface area contributed by atoms with Gasteiger partial charge in [-0.1, -0.05) is 36.4 Å². The number of hydrogen-bond acceptors (Lipinski definition) is 2. The molecule has 0 spiro atoms. The van der Waals surface area contributed by atoms with Gasteiger partial charge in [-0.2, -0.15) is 0 Å². The van der Waals surface area contributed by atoms with Crippen molar-refractivity contribution in [3.05, 3.63) is 48.6 Å². The average molecular weight is 342 g/mol. The molecule has 1 aromatic rings. The maximum absolute atomic E-state index is 13.0. The first-order valence-electron chi connectivity index (χ1n) is 9.26. The molecule has 136 valence electrons. The number of carbonyl (C=O) groups excluding carboxylic acids is 2. The zero-order chi connectivity index (χ0) is 18.2. The molecular formula is C21H30N2O2. The molecule has 1 fully saturated rings. The number of amides is 2. The summed E-state index contributed by atoms with van der Waals surface area (Å²) >= 11 is 0. The van der Waals surface area contributed by atoms with Crippen molar-refractivity contribution in [2.45, 2.75) is 52.1 Å². The van der Waals surface area contributed by atoms with Crippen molar-refractivity contribution in [1.29, 1.82) is 0 Å². The Bertz CT molecular complexity index is 575. The Labute approximate surface area is 151 Å². The summed E-state index contributed by atoms with van der Waals surface area (Å²) in [5.74, 6) is 0.389. The highest BCUT2D eigenvalue weighted by Gasteiger charge is 2.32. The second-order valence-electron chi connectivity index (χ2n) is 7.13. The first kappa shape index (κ1) is 19.2. The molecule has 0 bridgehead atoms. The molecule has 0 saturated heterocycles. The largest absolute Gasteiger partial charge is 0.352 e.